The molecule has 2 heteroatoms. The summed E-state index contributed by atoms with van der Waals surface area (Å²) < 4.78 is 5.54. The summed E-state index contributed by atoms with van der Waals surface area (Å²) in [6.07, 6.45) is 2.76. The molecule has 0 spiro atoms. The molecular formula is C10H13LiO. The zero-order valence-corrected chi connectivity index (χ0v) is 6.49. The van der Waals surface area contributed by atoms with Gasteiger partial charge in [0.25, 0.3) is 0 Å². The molecule has 60 valence electrons. The van der Waals surface area contributed by atoms with Gasteiger partial charge in [0.15, 0.2) is 0 Å². The van der Waals surface area contributed by atoms with Gasteiger partial charge in [0.05, 0.1) is 6.10 Å². The maximum absolute atomic E-state index is 5.54. The Balaban J connectivity index is 0.000000720. The summed E-state index contributed by atoms with van der Waals surface area (Å²) in [6, 6.07) is 10.4. The molecule has 1 unspecified atom stereocenters. The van der Waals surface area contributed by atoms with Crippen LogP contribution in [-0.4, -0.2) is 25.5 Å². The van der Waals surface area contributed by atoms with Gasteiger partial charge < -0.3 is 4.74 Å². The standard InChI is InChI=1S/C10H12O.Li.H/c1-2-5-9(6-3-1)10-7-4-8-11-10;;/h1-3,5-6,10H,4,7-8H2;;. The minimum atomic E-state index is 0. The maximum Gasteiger partial charge on any atom is 0.0825 e. The minimum Gasteiger partial charge on any atom is -0.374 e. The summed E-state index contributed by atoms with van der Waals surface area (Å²) in [5.41, 5.74) is 1.32. The molecule has 12 heavy (non-hydrogen) atoms. The first-order valence-corrected chi connectivity index (χ1v) is 4.13. The topological polar surface area (TPSA) is 9.23 Å². The number of ether oxygens (including phenoxy) is 1. The van der Waals surface area contributed by atoms with Crippen molar-refractivity contribution < 1.29 is 4.74 Å². The molecule has 1 atom stereocenters. The zero-order valence-electron chi connectivity index (χ0n) is 6.49. The summed E-state index contributed by atoms with van der Waals surface area (Å²) in [7, 11) is 0. The molecule has 0 N–H and O–H groups in total. The van der Waals surface area contributed by atoms with Crippen molar-refractivity contribution in [1.82, 2.24) is 0 Å². The van der Waals surface area contributed by atoms with Crippen LogP contribution in [0.1, 0.15) is 24.5 Å². The molecule has 0 amide bonds. The van der Waals surface area contributed by atoms with Crippen molar-refractivity contribution in [1.29, 1.82) is 0 Å². The average Bonchev–Trinajstić information content (AvgIpc) is 2.58. The van der Waals surface area contributed by atoms with Gasteiger partial charge >= 0.3 is 18.9 Å². The number of rotatable bonds is 1. The second kappa shape index (κ2) is 4.72. The van der Waals surface area contributed by atoms with Crippen LogP contribution in [0.25, 0.3) is 0 Å². The molecular weight excluding hydrogens is 143 g/mol. The van der Waals surface area contributed by atoms with Crippen molar-refractivity contribution >= 4 is 18.9 Å². The van der Waals surface area contributed by atoms with Crippen LogP contribution in [0.5, 0.6) is 0 Å². The van der Waals surface area contributed by atoms with E-state index in [0.717, 1.165) is 6.61 Å². The van der Waals surface area contributed by atoms with Gasteiger partial charge in [0, 0.05) is 6.61 Å². The first-order chi connectivity index (χ1) is 5.47. The fourth-order valence-electron chi connectivity index (χ4n) is 1.51. The Morgan fingerprint density at radius 1 is 1.17 bits per heavy atom. The molecule has 0 radical (unpaired) electrons. The third-order valence-electron chi connectivity index (χ3n) is 2.10. The van der Waals surface area contributed by atoms with E-state index < -0.39 is 0 Å². The van der Waals surface area contributed by atoms with Gasteiger partial charge in [-0.3, -0.25) is 0 Å². The molecule has 1 heterocycles. The molecule has 1 aliphatic heterocycles. The van der Waals surface area contributed by atoms with Crippen LogP contribution in [0.15, 0.2) is 30.3 Å². The minimum absolute atomic E-state index is 0. The van der Waals surface area contributed by atoms with Gasteiger partial charge in [-0.1, -0.05) is 30.3 Å². The van der Waals surface area contributed by atoms with Gasteiger partial charge in [-0.2, -0.15) is 0 Å². The van der Waals surface area contributed by atoms with Crippen LogP contribution < -0.4 is 0 Å². The molecule has 0 aromatic heterocycles. The Morgan fingerprint density at radius 3 is 2.50 bits per heavy atom. The van der Waals surface area contributed by atoms with Gasteiger partial charge in [-0.05, 0) is 18.4 Å². The van der Waals surface area contributed by atoms with E-state index >= 15 is 0 Å². The predicted molar refractivity (Wildman–Crippen MR) is 51.5 cm³/mol. The van der Waals surface area contributed by atoms with E-state index in [9.17, 15) is 0 Å². The molecule has 1 aromatic rings. The quantitative estimate of drug-likeness (QED) is 0.564. The summed E-state index contributed by atoms with van der Waals surface area (Å²) >= 11 is 0. The SMILES string of the molecule is [LiH].c1ccc(C2CCCO2)cc1. The van der Waals surface area contributed by atoms with Gasteiger partial charge in [0.2, 0.25) is 0 Å². The normalized spacial score (nSPS) is 21.8. The molecule has 1 aromatic carbocycles. The molecule has 0 aliphatic carbocycles. The van der Waals surface area contributed by atoms with Crippen LogP contribution in [-0.2, 0) is 4.74 Å². The predicted octanol–water partition coefficient (Wildman–Crippen LogP) is 1.89. The Hall–Kier alpha value is -0.223. The largest absolute Gasteiger partial charge is 0.374 e. The zero-order chi connectivity index (χ0) is 7.52. The van der Waals surface area contributed by atoms with Crippen molar-refractivity contribution in [2.24, 2.45) is 0 Å². The third-order valence-corrected chi connectivity index (χ3v) is 2.10. The van der Waals surface area contributed by atoms with E-state index in [4.69, 9.17) is 4.74 Å². The monoisotopic (exact) mass is 156 g/mol. The number of benzene rings is 1. The van der Waals surface area contributed by atoms with Crippen LogP contribution in [0.3, 0.4) is 0 Å². The van der Waals surface area contributed by atoms with E-state index in [2.05, 4.69) is 24.3 Å². The van der Waals surface area contributed by atoms with Gasteiger partial charge in [-0.15, -0.1) is 0 Å². The fraction of sp³-hybridized carbons (Fsp3) is 0.400. The fourth-order valence-corrected chi connectivity index (χ4v) is 1.51. The van der Waals surface area contributed by atoms with Gasteiger partial charge in [0.1, 0.15) is 0 Å². The van der Waals surface area contributed by atoms with Crippen LogP contribution in [0.2, 0.25) is 0 Å². The Morgan fingerprint density at radius 2 is 1.92 bits per heavy atom. The first kappa shape index (κ1) is 9.86. The molecule has 1 saturated heterocycles. The van der Waals surface area contributed by atoms with E-state index in [-0.39, 0.29) is 18.9 Å². The van der Waals surface area contributed by atoms with Crippen molar-refractivity contribution in [2.45, 2.75) is 18.9 Å². The second-order valence-electron chi connectivity index (χ2n) is 2.91. The average molecular weight is 156 g/mol. The molecule has 0 saturated carbocycles. The van der Waals surface area contributed by atoms with E-state index in [1.165, 1.54) is 18.4 Å². The number of hydrogen-bond acceptors (Lipinski definition) is 1. The van der Waals surface area contributed by atoms with Crippen molar-refractivity contribution in [3.63, 3.8) is 0 Å². The van der Waals surface area contributed by atoms with Crippen LogP contribution >= 0.6 is 0 Å². The smallest absolute Gasteiger partial charge is 0.0825 e. The van der Waals surface area contributed by atoms with Crippen LogP contribution in [0, 0.1) is 0 Å². The Kier molecular flexibility index (Phi) is 3.88. The maximum atomic E-state index is 5.54. The summed E-state index contributed by atoms with van der Waals surface area (Å²) in [4.78, 5) is 0. The molecule has 1 aliphatic rings. The summed E-state index contributed by atoms with van der Waals surface area (Å²) in [5, 5.41) is 0. The first-order valence-electron chi connectivity index (χ1n) is 4.13. The van der Waals surface area contributed by atoms with Gasteiger partial charge in [-0.25, -0.2) is 0 Å². The molecule has 1 fully saturated rings. The summed E-state index contributed by atoms with van der Waals surface area (Å²) in [6.45, 7) is 0.930. The van der Waals surface area contributed by atoms with E-state index in [1.54, 1.807) is 0 Å². The van der Waals surface area contributed by atoms with Crippen LogP contribution in [0.4, 0.5) is 0 Å². The second-order valence-corrected chi connectivity index (χ2v) is 2.91. The Labute approximate surface area is 85.3 Å². The van der Waals surface area contributed by atoms with Crippen molar-refractivity contribution in [2.75, 3.05) is 6.61 Å². The third kappa shape index (κ3) is 2.14. The van der Waals surface area contributed by atoms with E-state index in [1.807, 2.05) is 6.07 Å². The van der Waals surface area contributed by atoms with E-state index in [0.29, 0.717) is 6.10 Å². The number of hydrogen-bond donors (Lipinski definition) is 0. The van der Waals surface area contributed by atoms with Crippen molar-refractivity contribution in [3.05, 3.63) is 35.9 Å². The Bertz CT molecular complexity index is 217. The molecule has 2 rings (SSSR count). The van der Waals surface area contributed by atoms with Crippen molar-refractivity contribution in [3.8, 4) is 0 Å². The molecule has 0 bridgehead atoms. The molecule has 1 nitrogen and oxygen atoms in total. The summed E-state index contributed by atoms with van der Waals surface area (Å²) in [5.74, 6) is 0.